The zero-order chi connectivity index (χ0) is 20.4. The van der Waals surface area contributed by atoms with Crippen LogP contribution in [0, 0.1) is 11.8 Å². The van der Waals surface area contributed by atoms with E-state index in [1.807, 2.05) is 0 Å². The Morgan fingerprint density at radius 3 is 2.18 bits per heavy atom. The largest absolute Gasteiger partial charge is 0.451 e. The summed E-state index contributed by atoms with van der Waals surface area (Å²) in [6, 6.07) is 4.52. The van der Waals surface area contributed by atoms with Gasteiger partial charge in [0, 0.05) is 15.7 Å². The van der Waals surface area contributed by atoms with Crippen molar-refractivity contribution in [2.45, 2.75) is 38.7 Å². The van der Waals surface area contributed by atoms with Crippen molar-refractivity contribution in [1.29, 1.82) is 0 Å². The zero-order valence-electron chi connectivity index (χ0n) is 15.2. The molecule has 0 aromatic heterocycles. The molecule has 1 aromatic carbocycles. The van der Waals surface area contributed by atoms with Gasteiger partial charge in [-0.05, 0) is 38.0 Å². The highest BCUT2D eigenvalue weighted by atomic mass is 35.5. The number of hydrogen-bond donors (Lipinski definition) is 1. The fraction of sp³-hybridized carbons (Fsp3) is 0.474. The molecular weight excluding hydrogens is 407 g/mol. The molecule has 0 radical (unpaired) electrons. The average Bonchev–Trinajstić information content (AvgIpc) is 2.86. The number of fused-ring (bicyclic) bond motifs is 1. The SMILES string of the molecule is CC(OC(=O)CN1C(=O)C2CCCCC2C1=O)C(=O)Nc1cc(Cl)cc(Cl)c1. The highest BCUT2D eigenvalue weighted by Gasteiger charge is 2.48. The topological polar surface area (TPSA) is 92.8 Å². The van der Waals surface area contributed by atoms with E-state index in [-0.39, 0.29) is 23.7 Å². The number of carbonyl (C=O) groups is 4. The first-order valence-electron chi connectivity index (χ1n) is 9.08. The summed E-state index contributed by atoms with van der Waals surface area (Å²) in [4.78, 5) is 50.2. The lowest BCUT2D eigenvalue weighted by Gasteiger charge is -2.19. The number of rotatable bonds is 5. The number of esters is 1. The highest BCUT2D eigenvalue weighted by Crippen LogP contribution is 2.37. The average molecular weight is 427 g/mol. The van der Waals surface area contributed by atoms with E-state index in [0.717, 1.165) is 17.7 Å². The summed E-state index contributed by atoms with van der Waals surface area (Å²) in [5.74, 6) is -2.70. The first-order valence-corrected chi connectivity index (χ1v) is 9.83. The van der Waals surface area contributed by atoms with E-state index in [4.69, 9.17) is 27.9 Å². The second kappa shape index (κ2) is 8.49. The van der Waals surface area contributed by atoms with Crippen LogP contribution >= 0.6 is 23.2 Å². The van der Waals surface area contributed by atoms with Gasteiger partial charge >= 0.3 is 5.97 Å². The number of benzene rings is 1. The molecular formula is C19H20Cl2N2O5. The quantitative estimate of drug-likeness (QED) is 0.576. The summed E-state index contributed by atoms with van der Waals surface area (Å²) in [5, 5.41) is 3.24. The molecule has 9 heteroatoms. The number of nitrogens with one attached hydrogen (secondary N) is 1. The van der Waals surface area contributed by atoms with Crippen molar-refractivity contribution in [2.24, 2.45) is 11.8 Å². The monoisotopic (exact) mass is 426 g/mol. The minimum absolute atomic E-state index is 0.322. The Morgan fingerprint density at radius 1 is 1.11 bits per heavy atom. The van der Waals surface area contributed by atoms with Crippen LogP contribution in [0.15, 0.2) is 18.2 Å². The number of imide groups is 1. The van der Waals surface area contributed by atoms with Gasteiger partial charge in [0.15, 0.2) is 6.10 Å². The summed E-state index contributed by atoms with van der Waals surface area (Å²) < 4.78 is 5.09. The van der Waals surface area contributed by atoms with Gasteiger partial charge in [-0.2, -0.15) is 0 Å². The molecule has 1 aromatic rings. The Bertz CT molecular complexity index is 784. The lowest BCUT2D eigenvalue weighted by molar-refractivity contribution is -0.158. The summed E-state index contributed by atoms with van der Waals surface area (Å²) >= 11 is 11.8. The standard InChI is InChI=1S/C19H20Cl2N2O5/c1-10(17(25)22-13-7-11(20)6-12(21)8-13)28-16(24)9-23-18(26)14-4-2-3-5-15(14)19(23)27/h6-8,10,14-15H,2-5,9H2,1H3,(H,22,25). The maximum atomic E-state index is 12.4. The van der Waals surface area contributed by atoms with Crippen LogP contribution in [0.3, 0.4) is 0 Å². The number of halogens is 2. The molecule has 1 saturated heterocycles. The van der Waals surface area contributed by atoms with E-state index in [0.29, 0.717) is 28.6 Å². The third kappa shape index (κ3) is 4.47. The van der Waals surface area contributed by atoms with Gasteiger partial charge in [-0.3, -0.25) is 24.1 Å². The van der Waals surface area contributed by atoms with Crippen LogP contribution < -0.4 is 5.32 Å². The molecule has 2 aliphatic rings. The van der Waals surface area contributed by atoms with Crippen LogP contribution in [0.5, 0.6) is 0 Å². The van der Waals surface area contributed by atoms with Crippen molar-refractivity contribution < 1.29 is 23.9 Å². The van der Waals surface area contributed by atoms with E-state index in [1.54, 1.807) is 0 Å². The van der Waals surface area contributed by atoms with Gasteiger partial charge < -0.3 is 10.1 Å². The van der Waals surface area contributed by atoms with Gasteiger partial charge in [-0.15, -0.1) is 0 Å². The number of anilines is 1. The fourth-order valence-corrected chi connectivity index (χ4v) is 4.20. The van der Waals surface area contributed by atoms with Gasteiger partial charge in [0.25, 0.3) is 5.91 Å². The van der Waals surface area contributed by atoms with Gasteiger partial charge in [-0.25, -0.2) is 0 Å². The predicted molar refractivity (Wildman–Crippen MR) is 103 cm³/mol. The Hall–Kier alpha value is -2.12. The maximum Gasteiger partial charge on any atom is 0.326 e. The Kier molecular flexibility index (Phi) is 6.25. The van der Waals surface area contributed by atoms with Gasteiger partial charge in [0.1, 0.15) is 6.54 Å². The number of amides is 3. The minimum Gasteiger partial charge on any atom is -0.451 e. The molecule has 0 spiro atoms. The number of likely N-dealkylation sites (tertiary alicyclic amines) is 1. The van der Waals surface area contributed by atoms with Crippen LogP contribution in [0.2, 0.25) is 10.0 Å². The Labute approximate surface area is 172 Å². The summed E-state index contributed by atoms with van der Waals surface area (Å²) in [7, 11) is 0. The summed E-state index contributed by atoms with van der Waals surface area (Å²) in [5.41, 5.74) is 0.361. The van der Waals surface area contributed by atoms with Crippen molar-refractivity contribution in [2.75, 3.05) is 11.9 Å². The van der Waals surface area contributed by atoms with Crippen LogP contribution in [0.4, 0.5) is 5.69 Å². The van der Waals surface area contributed by atoms with E-state index < -0.39 is 24.5 Å². The van der Waals surface area contributed by atoms with Crippen LogP contribution in [-0.2, 0) is 23.9 Å². The van der Waals surface area contributed by atoms with Crippen molar-refractivity contribution in [3.05, 3.63) is 28.2 Å². The van der Waals surface area contributed by atoms with Crippen LogP contribution in [0.25, 0.3) is 0 Å². The van der Waals surface area contributed by atoms with Crippen molar-refractivity contribution in [3.63, 3.8) is 0 Å². The van der Waals surface area contributed by atoms with E-state index in [9.17, 15) is 19.2 Å². The first-order chi connectivity index (χ1) is 13.3. The molecule has 2 fully saturated rings. The molecule has 28 heavy (non-hydrogen) atoms. The van der Waals surface area contributed by atoms with Crippen LogP contribution in [-0.4, -0.2) is 41.2 Å². The number of ether oxygens (including phenoxy) is 1. The second-order valence-corrected chi connectivity index (χ2v) is 7.91. The molecule has 1 saturated carbocycles. The molecule has 1 aliphatic carbocycles. The smallest absolute Gasteiger partial charge is 0.326 e. The van der Waals surface area contributed by atoms with Gasteiger partial charge in [0.05, 0.1) is 11.8 Å². The summed E-state index contributed by atoms with van der Waals surface area (Å²) in [6.45, 7) is 0.915. The maximum absolute atomic E-state index is 12.4. The molecule has 1 aliphatic heterocycles. The molecule has 1 heterocycles. The second-order valence-electron chi connectivity index (χ2n) is 7.04. The minimum atomic E-state index is -1.12. The van der Waals surface area contributed by atoms with E-state index >= 15 is 0 Å². The predicted octanol–water partition coefficient (Wildman–Crippen LogP) is 3.04. The Balaban J connectivity index is 1.56. The molecule has 7 nitrogen and oxygen atoms in total. The van der Waals surface area contributed by atoms with E-state index in [2.05, 4.69) is 5.32 Å². The fourth-order valence-electron chi connectivity index (χ4n) is 3.67. The number of carbonyl (C=O) groups excluding carboxylic acids is 4. The van der Waals surface area contributed by atoms with Crippen molar-refractivity contribution in [3.8, 4) is 0 Å². The van der Waals surface area contributed by atoms with Crippen molar-refractivity contribution in [1.82, 2.24) is 4.90 Å². The van der Waals surface area contributed by atoms with Crippen molar-refractivity contribution >= 4 is 52.6 Å². The highest BCUT2D eigenvalue weighted by molar-refractivity contribution is 6.35. The zero-order valence-corrected chi connectivity index (χ0v) is 16.8. The molecule has 3 atom stereocenters. The van der Waals surface area contributed by atoms with E-state index in [1.165, 1.54) is 25.1 Å². The van der Waals surface area contributed by atoms with Gasteiger partial charge in [-0.1, -0.05) is 36.0 Å². The summed E-state index contributed by atoms with van der Waals surface area (Å²) in [6.07, 6.45) is 2.02. The lowest BCUT2D eigenvalue weighted by atomic mass is 9.81. The number of nitrogens with zero attached hydrogens (tertiary/aromatic N) is 1. The molecule has 3 unspecified atom stereocenters. The molecule has 0 bridgehead atoms. The Morgan fingerprint density at radius 2 is 1.64 bits per heavy atom. The normalized spacial score (nSPS) is 22.6. The third-order valence-electron chi connectivity index (χ3n) is 5.03. The lowest BCUT2D eigenvalue weighted by Crippen LogP contribution is -2.39. The third-order valence-corrected chi connectivity index (χ3v) is 5.46. The molecule has 1 N–H and O–H groups in total. The first kappa shape index (κ1) is 20.6. The number of hydrogen-bond acceptors (Lipinski definition) is 5. The molecule has 150 valence electrons. The molecule has 3 rings (SSSR count). The molecule has 3 amide bonds. The van der Waals surface area contributed by atoms with Gasteiger partial charge in [0.2, 0.25) is 11.8 Å². The van der Waals surface area contributed by atoms with Crippen LogP contribution in [0.1, 0.15) is 32.6 Å².